The smallest absolute Gasteiger partial charge is 0.0116 e. The van der Waals surface area contributed by atoms with E-state index in [9.17, 15) is 0 Å². The molecule has 2 aromatic rings. The molecule has 0 amide bonds. The summed E-state index contributed by atoms with van der Waals surface area (Å²) in [6.07, 6.45) is 4.35. The van der Waals surface area contributed by atoms with E-state index in [4.69, 9.17) is 0 Å². The third-order valence-electron chi connectivity index (χ3n) is 3.77. The molecule has 2 rings (SSSR count). The Hall–Kier alpha value is -1.78. The Bertz CT molecular complexity index is 618. The van der Waals surface area contributed by atoms with Crippen molar-refractivity contribution in [3.05, 3.63) is 48.0 Å². The highest BCUT2D eigenvalue weighted by Crippen LogP contribution is 2.17. The van der Waals surface area contributed by atoms with Gasteiger partial charge in [-0.05, 0) is 49.1 Å². The first-order valence-electron chi connectivity index (χ1n) is 7.94. The normalized spacial score (nSPS) is 11.9. The van der Waals surface area contributed by atoms with Crippen LogP contribution in [0.3, 0.4) is 0 Å². The highest BCUT2D eigenvalue weighted by molar-refractivity contribution is 5.82. The van der Waals surface area contributed by atoms with Crippen molar-refractivity contribution < 1.29 is 0 Å². The maximum absolute atomic E-state index is 3.66. The summed E-state index contributed by atoms with van der Waals surface area (Å²) in [6, 6.07) is 15.9. The van der Waals surface area contributed by atoms with Crippen molar-refractivity contribution in [2.75, 3.05) is 6.54 Å². The minimum absolute atomic E-state index is 0.520. The summed E-state index contributed by atoms with van der Waals surface area (Å²) in [5.41, 5.74) is 1.41. The molecule has 0 heterocycles. The fraction of sp³-hybridized carbons (Fsp3) is 0.400. The summed E-state index contributed by atoms with van der Waals surface area (Å²) < 4.78 is 0. The summed E-state index contributed by atoms with van der Waals surface area (Å²) in [5, 5.41) is 6.30. The Morgan fingerprint density at radius 1 is 1.10 bits per heavy atom. The van der Waals surface area contributed by atoms with Crippen molar-refractivity contribution >= 4 is 10.8 Å². The molecule has 0 saturated heterocycles. The second kappa shape index (κ2) is 8.49. The van der Waals surface area contributed by atoms with E-state index in [1.54, 1.807) is 0 Å². The second-order valence-corrected chi connectivity index (χ2v) is 5.50. The number of benzene rings is 2. The van der Waals surface area contributed by atoms with Crippen LogP contribution >= 0.6 is 0 Å². The topological polar surface area (TPSA) is 12.0 Å². The molecule has 0 radical (unpaired) electrons. The summed E-state index contributed by atoms with van der Waals surface area (Å²) in [7, 11) is 0. The number of rotatable bonds is 7. The van der Waals surface area contributed by atoms with Gasteiger partial charge in [-0.2, -0.15) is 0 Å². The van der Waals surface area contributed by atoms with Crippen LogP contribution < -0.4 is 5.32 Å². The average Bonchev–Trinajstić information content (AvgIpc) is 2.52. The molecule has 0 aliphatic heterocycles. The van der Waals surface area contributed by atoms with E-state index in [0.29, 0.717) is 6.04 Å². The van der Waals surface area contributed by atoms with E-state index in [1.165, 1.54) is 22.8 Å². The van der Waals surface area contributed by atoms with Crippen LogP contribution in [-0.4, -0.2) is 12.6 Å². The molecule has 0 saturated carbocycles. The van der Waals surface area contributed by atoms with Gasteiger partial charge in [-0.15, -0.1) is 11.8 Å². The summed E-state index contributed by atoms with van der Waals surface area (Å²) in [5.74, 6) is 6.17. The van der Waals surface area contributed by atoms with Crippen molar-refractivity contribution in [2.45, 2.75) is 45.6 Å². The Morgan fingerprint density at radius 2 is 1.90 bits per heavy atom. The Morgan fingerprint density at radius 3 is 2.67 bits per heavy atom. The molecule has 1 atom stereocenters. The fourth-order valence-electron chi connectivity index (χ4n) is 2.65. The van der Waals surface area contributed by atoms with Crippen molar-refractivity contribution in [3.8, 4) is 11.8 Å². The van der Waals surface area contributed by atoms with Gasteiger partial charge in [-0.25, -0.2) is 0 Å². The van der Waals surface area contributed by atoms with E-state index in [0.717, 1.165) is 25.8 Å². The first-order chi connectivity index (χ1) is 10.3. The predicted molar refractivity (Wildman–Crippen MR) is 92.4 cm³/mol. The highest BCUT2D eigenvalue weighted by Gasteiger charge is 2.08. The lowest BCUT2D eigenvalue weighted by Crippen LogP contribution is -2.31. The number of hydrogen-bond donors (Lipinski definition) is 1. The van der Waals surface area contributed by atoms with Gasteiger partial charge in [-0.3, -0.25) is 0 Å². The molecule has 0 aliphatic rings. The molecule has 1 unspecified atom stereocenters. The maximum Gasteiger partial charge on any atom is 0.0116 e. The first-order valence-corrected chi connectivity index (χ1v) is 7.94. The van der Waals surface area contributed by atoms with Crippen LogP contribution in [-0.2, 0) is 6.42 Å². The summed E-state index contributed by atoms with van der Waals surface area (Å²) in [4.78, 5) is 0. The fourth-order valence-corrected chi connectivity index (χ4v) is 2.65. The molecule has 1 nitrogen and oxygen atoms in total. The quantitative estimate of drug-likeness (QED) is 0.733. The lowest BCUT2D eigenvalue weighted by Gasteiger charge is -2.18. The number of nitrogens with one attached hydrogen (secondary N) is 1. The van der Waals surface area contributed by atoms with Crippen LogP contribution in [0.5, 0.6) is 0 Å². The van der Waals surface area contributed by atoms with Crippen LogP contribution in [0.15, 0.2) is 42.5 Å². The van der Waals surface area contributed by atoms with E-state index < -0.39 is 0 Å². The molecule has 0 aromatic heterocycles. The third kappa shape index (κ3) is 4.92. The largest absolute Gasteiger partial charge is 0.314 e. The number of fused-ring (bicyclic) bond motifs is 1. The zero-order valence-electron chi connectivity index (χ0n) is 13.2. The van der Waals surface area contributed by atoms with Gasteiger partial charge in [0.25, 0.3) is 0 Å². The van der Waals surface area contributed by atoms with Gasteiger partial charge >= 0.3 is 0 Å². The van der Waals surface area contributed by atoms with Crippen LogP contribution in [0.1, 0.15) is 38.7 Å². The number of hydrogen-bond acceptors (Lipinski definition) is 1. The van der Waals surface area contributed by atoms with Gasteiger partial charge in [0.2, 0.25) is 0 Å². The minimum atomic E-state index is 0.520. The van der Waals surface area contributed by atoms with Gasteiger partial charge < -0.3 is 5.32 Å². The molecule has 1 heteroatoms. The van der Waals surface area contributed by atoms with Crippen molar-refractivity contribution in [1.82, 2.24) is 5.32 Å². The average molecular weight is 279 g/mol. The van der Waals surface area contributed by atoms with Gasteiger partial charge in [0.15, 0.2) is 0 Å². The minimum Gasteiger partial charge on any atom is -0.314 e. The zero-order valence-corrected chi connectivity index (χ0v) is 13.2. The highest BCUT2D eigenvalue weighted by atomic mass is 14.9. The molecular formula is C20H25N. The van der Waals surface area contributed by atoms with Crippen molar-refractivity contribution in [2.24, 2.45) is 0 Å². The third-order valence-corrected chi connectivity index (χ3v) is 3.77. The van der Waals surface area contributed by atoms with Gasteiger partial charge in [0.1, 0.15) is 0 Å². The van der Waals surface area contributed by atoms with Crippen LogP contribution in [0.2, 0.25) is 0 Å². The first kappa shape index (κ1) is 15.6. The Kier molecular flexibility index (Phi) is 6.31. The lowest BCUT2D eigenvalue weighted by molar-refractivity contribution is 0.483. The molecule has 0 fully saturated rings. The molecule has 0 bridgehead atoms. The second-order valence-electron chi connectivity index (χ2n) is 5.50. The molecular weight excluding hydrogens is 254 g/mol. The molecule has 2 aromatic carbocycles. The molecule has 110 valence electrons. The van der Waals surface area contributed by atoms with E-state index in [1.807, 2.05) is 6.92 Å². The molecule has 0 spiro atoms. The van der Waals surface area contributed by atoms with Crippen LogP contribution in [0.25, 0.3) is 10.8 Å². The predicted octanol–water partition coefficient (Wildman–Crippen LogP) is 4.55. The van der Waals surface area contributed by atoms with Gasteiger partial charge in [-0.1, -0.05) is 49.4 Å². The molecule has 21 heavy (non-hydrogen) atoms. The van der Waals surface area contributed by atoms with Crippen molar-refractivity contribution in [3.63, 3.8) is 0 Å². The SMILES string of the molecule is CC#CCCC(Cc1ccc2ccccc2c1)NCCC. The summed E-state index contributed by atoms with van der Waals surface area (Å²) >= 11 is 0. The maximum atomic E-state index is 3.66. The monoisotopic (exact) mass is 279 g/mol. The Balaban J connectivity index is 2.06. The molecule has 1 N–H and O–H groups in total. The standard InChI is InChI=1S/C20H25N/c1-3-5-6-11-20(21-14-4-2)16-17-12-13-18-9-7-8-10-19(18)15-17/h7-10,12-13,15,20-21H,4,6,11,14,16H2,1-2H3. The van der Waals surface area contributed by atoms with Gasteiger partial charge in [0.05, 0.1) is 0 Å². The van der Waals surface area contributed by atoms with E-state index in [2.05, 4.69) is 66.5 Å². The lowest BCUT2D eigenvalue weighted by atomic mass is 9.99. The van der Waals surface area contributed by atoms with Crippen LogP contribution in [0, 0.1) is 11.8 Å². The van der Waals surface area contributed by atoms with E-state index in [-0.39, 0.29) is 0 Å². The molecule has 0 aliphatic carbocycles. The Labute approximate surface area is 128 Å². The summed E-state index contributed by atoms with van der Waals surface area (Å²) in [6.45, 7) is 5.21. The van der Waals surface area contributed by atoms with Gasteiger partial charge in [0, 0.05) is 12.5 Å². The van der Waals surface area contributed by atoms with Crippen LogP contribution in [0.4, 0.5) is 0 Å². The van der Waals surface area contributed by atoms with Crippen molar-refractivity contribution in [1.29, 1.82) is 0 Å². The zero-order chi connectivity index (χ0) is 14.9. The van der Waals surface area contributed by atoms with E-state index >= 15 is 0 Å².